The van der Waals surface area contributed by atoms with E-state index in [2.05, 4.69) is 11.4 Å². The maximum atomic E-state index is 12.7. The quantitative estimate of drug-likeness (QED) is 0.634. The molecule has 144 valence electrons. The minimum absolute atomic E-state index is 0.0656. The van der Waals surface area contributed by atoms with Gasteiger partial charge in [-0.2, -0.15) is 0 Å². The number of anilines is 1. The monoisotopic (exact) mass is 394 g/mol. The highest BCUT2D eigenvalue weighted by Gasteiger charge is 2.35. The number of benzene rings is 2. The first-order chi connectivity index (χ1) is 13.7. The molecule has 0 spiro atoms. The second-order valence-electron chi connectivity index (χ2n) is 7.04. The smallest absolute Gasteiger partial charge is 0.310 e. The third-order valence-electron chi connectivity index (χ3n) is 5.10. The first-order valence-electron chi connectivity index (χ1n) is 9.58. The highest BCUT2D eigenvalue weighted by Crippen LogP contribution is 2.41. The van der Waals surface area contributed by atoms with Gasteiger partial charge in [-0.05, 0) is 37.1 Å². The van der Waals surface area contributed by atoms with Crippen molar-refractivity contribution in [2.75, 3.05) is 11.9 Å². The lowest BCUT2D eigenvalue weighted by molar-refractivity contribution is -0.153. The zero-order valence-electron chi connectivity index (χ0n) is 15.5. The van der Waals surface area contributed by atoms with Gasteiger partial charge in [0.05, 0.1) is 21.1 Å². The Kier molecular flexibility index (Phi) is 5.67. The normalized spacial score (nSPS) is 19.3. The number of carbonyl (C=O) groups is 2. The first-order valence-corrected chi connectivity index (χ1v) is 10.4. The van der Waals surface area contributed by atoms with Crippen molar-refractivity contribution in [1.82, 2.24) is 4.98 Å². The molecule has 3 aromatic rings. The largest absolute Gasteiger partial charge is 0.455 e. The predicted octanol–water partition coefficient (Wildman–Crippen LogP) is 4.75. The number of esters is 1. The molecule has 1 aromatic heterocycles. The molecule has 0 radical (unpaired) electrons. The van der Waals surface area contributed by atoms with Crippen molar-refractivity contribution >= 4 is 39.1 Å². The average molecular weight is 394 g/mol. The highest BCUT2D eigenvalue weighted by molar-refractivity contribution is 7.18. The Morgan fingerprint density at radius 1 is 1.04 bits per heavy atom. The van der Waals surface area contributed by atoms with Gasteiger partial charge in [-0.25, -0.2) is 4.98 Å². The topological polar surface area (TPSA) is 68.3 Å². The number of amides is 1. The van der Waals surface area contributed by atoms with Crippen LogP contribution in [-0.4, -0.2) is 23.5 Å². The van der Waals surface area contributed by atoms with E-state index < -0.39 is 0 Å². The van der Waals surface area contributed by atoms with Crippen LogP contribution >= 0.6 is 11.3 Å². The molecule has 1 saturated carbocycles. The standard InChI is InChI=1S/C22H22N2O3S/c25-20(23-15-8-2-1-3-9-15)14-27-22(26)17-11-5-4-10-16(17)21-24-18-12-6-7-13-19(18)28-21/h1-3,6-9,12-13,16-17H,4-5,10-11,14H2,(H,23,25)/t16-,17+/m1/s1. The minimum atomic E-state index is -0.327. The molecule has 28 heavy (non-hydrogen) atoms. The molecule has 0 unspecified atom stereocenters. The number of nitrogens with one attached hydrogen (secondary N) is 1. The molecular weight excluding hydrogens is 372 g/mol. The molecule has 2 aromatic carbocycles. The summed E-state index contributed by atoms with van der Waals surface area (Å²) in [6.07, 6.45) is 3.78. The number of thiazole rings is 1. The van der Waals surface area contributed by atoms with Gasteiger partial charge in [0, 0.05) is 11.6 Å². The Balaban J connectivity index is 1.40. The van der Waals surface area contributed by atoms with Gasteiger partial charge in [0.25, 0.3) is 5.91 Å². The molecule has 0 bridgehead atoms. The van der Waals surface area contributed by atoms with Gasteiger partial charge >= 0.3 is 5.97 Å². The second-order valence-corrected chi connectivity index (χ2v) is 8.10. The van der Waals surface area contributed by atoms with E-state index in [1.807, 2.05) is 36.4 Å². The molecule has 1 heterocycles. The number of hydrogen-bond acceptors (Lipinski definition) is 5. The van der Waals surface area contributed by atoms with Crippen LogP contribution in [0.5, 0.6) is 0 Å². The van der Waals surface area contributed by atoms with Crippen molar-refractivity contribution in [1.29, 1.82) is 0 Å². The Hall–Kier alpha value is -2.73. The average Bonchev–Trinajstić information content (AvgIpc) is 3.17. The minimum Gasteiger partial charge on any atom is -0.455 e. The van der Waals surface area contributed by atoms with Crippen LogP contribution in [0.1, 0.15) is 36.6 Å². The van der Waals surface area contributed by atoms with Crippen LogP contribution in [0.2, 0.25) is 0 Å². The van der Waals surface area contributed by atoms with E-state index in [0.29, 0.717) is 5.69 Å². The van der Waals surface area contributed by atoms with Crippen LogP contribution in [0.25, 0.3) is 10.2 Å². The summed E-state index contributed by atoms with van der Waals surface area (Å²) in [6, 6.07) is 17.2. The van der Waals surface area contributed by atoms with Crippen LogP contribution in [0.3, 0.4) is 0 Å². The highest BCUT2D eigenvalue weighted by atomic mass is 32.1. The van der Waals surface area contributed by atoms with Crippen LogP contribution in [0, 0.1) is 5.92 Å². The Labute approximate surface area is 167 Å². The van der Waals surface area contributed by atoms with Crippen molar-refractivity contribution < 1.29 is 14.3 Å². The number of rotatable bonds is 5. The van der Waals surface area contributed by atoms with Crippen molar-refractivity contribution in [2.24, 2.45) is 5.92 Å². The zero-order chi connectivity index (χ0) is 19.3. The summed E-state index contributed by atoms with van der Waals surface area (Å²) in [5.74, 6) is -0.797. The molecular formula is C22H22N2O3S. The van der Waals surface area contributed by atoms with Gasteiger partial charge in [0.1, 0.15) is 0 Å². The van der Waals surface area contributed by atoms with Gasteiger partial charge in [-0.3, -0.25) is 9.59 Å². The van der Waals surface area contributed by atoms with E-state index >= 15 is 0 Å². The van der Waals surface area contributed by atoms with Crippen LogP contribution in [-0.2, 0) is 14.3 Å². The number of ether oxygens (including phenoxy) is 1. The van der Waals surface area contributed by atoms with E-state index in [9.17, 15) is 9.59 Å². The zero-order valence-corrected chi connectivity index (χ0v) is 16.3. The Morgan fingerprint density at radius 2 is 1.79 bits per heavy atom. The van der Waals surface area contributed by atoms with E-state index in [0.717, 1.165) is 40.9 Å². The van der Waals surface area contributed by atoms with Gasteiger partial charge in [-0.1, -0.05) is 43.2 Å². The van der Waals surface area contributed by atoms with Crippen molar-refractivity contribution in [3.63, 3.8) is 0 Å². The number of hydrogen-bond donors (Lipinski definition) is 1. The van der Waals surface area contributed by atoms with E-state index in [1.165, 1.54) is 0 Å². The summed E-state index contributed by atoms with van der Waals surface area (Å²) in [5, 5.41) is 3.73. The number of nitrogens with zero attached hydrogens (tertiary/aromatic N) is 1. The fraction of sp³-hybridized carbons (Fsp3) is 0.318. The predicted molar refractivity (Wildman–Crippen MR) is 110 cm³/mol. The molecule has 0 aliphatic heterocycles. The molecule has 1 N–H and O–H groups in total. The van der Waals surface area contributed by atoms with E-state index in [1.54, 1.807) is 23.5 Å². The van der Waals surface area contributed by atoms with Crippen molar-refractivity contribution in [2.45, 2.75) is 31.6 Å². The number of carbonyl (C=O) groups excluding carboxylic acids is 2. The van der Waals surface area contributed by atoms with Gasteiger partial charge in [0.15, 0.2) is 6.61 Å². The molecule has 1 fully saturated rings. The van der Waals surface area contributed by atoms with Crippen LogP contribution in [0.4, 0.5) is 5.69 Å². The van der Waals surface area contributed by atoms with Crippen LogP contribution in [0.15, 0.2) is 54.6 Å². The number of para-hydroxylation sites is 2. The number of fused-ring (bicyclic) bond motifs is 1. The molecule has 1 amide bonds. The summed E-state index contributed by atoms with van der Waals surface area (Å²) in [4.78, 5) is 29.6. The molecule has 4 rings (SSSR count). The lowest BCUT2D eigenvalue weighted by atomic mass is 9.79. The van der Waals surface area contributed by atoms with Gasteiger partial charge in [-0.15, -0.1) is 11.3 Å². The SMILES string of the molecule is O=C(COC(=O)[C@H]1CCCC[C@H]1c1nc2ccccc2s1)Nc1ccccc1. The summed E-state index contributed by atoms with van der Waals surface area (Å²) < 4.78 is 6.50. The molecule has 6 heteroatoms. The van der Waals surface area contributed by atoms with E-state index in [4.69, 9.17) is 9.72 Å². The molecule has 5 nitrogen and oxygen atoms in total. The second kappa shape index (κ2) is 8.52. The lowest BCUT2D eigenvalue weighted by Crippen LogP contribution is -2.30. The van der Waals surface area contributed by atoms with Gasteiger partial charge < -0.3 is 10.1 Å². The fourth-order valence-corrected chi connectivity index (χ4v) is 4.89. The van der Waals surface area contributed by atoms with E-state index in [-0.39, 0.29) is 30.3 Å². The van der Waals surface area contributed by atoms with Crippen LogP contribution < -0.4 is 5.32 Å². The molecule has 1 aliphatic rings. The first kappa shape index (κ1) is 18.6. The van der Waals surface area contributed by atoms with Crippen molar-refractivity contribution in [3.05, 3.63) is 59.6 Å². The fourth-order valence-electron chi connectivity index (χ4n) is 3.72. The summed E-state index contributed by atoms with van der Waals surface area (Å²) in [6.45, 7) is -0.267. The third kappa shape index (κ3) is 4.22. The maximum Gasteiger partial charge on any atom is 0.310 e. The molecule has 0 saturated heterocycles. The Morgan fingerprint density at radius 3 is 2.61 bits per heavy atom. The van der Waals surface area contributed by atoms with Crippen molar-refractivity contribution in [3.8, 4) is 0 Å². The third-order valence-corrected chi connectivity index (χ3v) is 6.27. The Bertz CT molecular complexity index is 937. The maximum absolute atomic E-state index is 12.7. The number of aromatic nitrogens is 1. The summed E-state index contributed by atoms with van der Waals surface area (Å²) in [7, 11) is 0. The van der Waals surface area contributed by atoms with Gasteiger partial charge in [0.2, 0.25) is 0 Å². The lowest BCUT2D eigenvalue weighted by Gasteiger charge is -2.28. The molecule has 1 aliphatic carbocycles. The molecule has 2 atom stereocenters. The summed E-state index contributed by atoms with van der Waals surface area (Å²) in [5.41, 5.74) is 1.66. The summed E-state index contributed by atoms with van der Waals surface area (Å²) >= 11 is 1.65.